The molecule has 0 aromatic heterocycles. The summed E-state index contributed by atoms with van der Waals surface area (Å²) in [6.07, 6.45) is 4.41. The Morgan fingerprint density at radius 3 is 1.44 bits per heavy atom. The van der Waals surface area contributed by atoms with Gasteiger partial charge in [0.2, 0.25) is 0 Å². The zero-order valence-electron chi connectivity index (χ0n) is 39.3. The summed E-state index contributed by atoms with van der Waals surface area (Å²) < 4.78 is 0. The summed E-state index contributed by atoms with van der Waals surface area (Å²) in [7, 11) is 0. The molecule has 10 aromatic carbocycles. The SMILES string of the molecule is CC1c2cc3c(cc2-c2ccccc2C1c1cccc(-c2cc(-c4ccccc4)cc(-c4ccccc4)c2)c1)C1(C2=C(C=C=C=C2)c2ccccc21)c1ccccc1C31c2ccccc2-c2ccccc21. The predicted octanol–water partition coefficient (Wildman–Crippen LogP) is 17.3. The fourth-order valence-corrected chi connectivity index (χ4v) is 14.0. The van der Waals surface area contributed by atoms with Gasteiger partial charge in [0.05, 0.1) is 10.8 Å². The van der Waals surface area contributed by atoms with Crippen LogP contribution in [-0.4, -0.2) is 0 Å². The lowest BCUT2D eigenvalue weighted by molar-refractivity contribution is 0.615. The Bertz CT molecular complexity index is 3930. The predicted molar refractivity (Wildman–Crippen MR) is 292 cm³/mol. The van der Waals surface area contributed by atoms with Crippen LogP contribution in [0.25, 0.3) is 61.2 Å². The Kier molecular flexibility index (Phi) is 8.55. The first kappa shape index (κ1) is 40.2. The number of benzene rings is 10. The molecule has 0 bridgehead atoms. The molecule has 330 valence electrons. The van der Waals surface area contributed by atoms with E-state index in [4.69, 9.17) is 0 Å². The minimum Gasteiger partial charge on any atom is -0.0699 e. The van der Waals surface area contributed by atoms with Gasteiger partial charge >= 0.3 is 0 Å². The van der Waals surface area contributed by atoms with Gasteiger partial charge in [0.1, 0.15) is 0 Å². The monoisotopic (exact) mass is 898 g/mol. The van der Waals surface area contributed by atoms with Crippen LogP contribution in [0.4, 0.5) is 0 Å². The van der Waals surface area contributed by atoms with Crippen LogP contribution in [0.15, 0.2) is 266 Å². The second-order valence-electron chi connectivity index (χ2n) is 20.1. The van der Waals surface area contributed by atoms with Crippen LogP contribution in [0.2, 0.25) is 0 Å². The van der Waals surface area contributed by atoms with Gasteiger partial charge in [0.15, 0.2) is 0 Å². The number of fused-ring (bicyclic) bond motifs is 18. The van der Waals surface area contributed by atoms with Crippen molar-refractivity contribution in [3.05, 3.63) is 327 Å². The quantitative estimate of drug-likeness (QED) is 0.154. The molecule has 0 nitrogen and oxygen atoms in total. The number of allylic oxidation sites excluding steroid dienone is 4. The Labute approximate surface area is 415 Å². The maximum atomic E-state index is 3.48. The van der Waals surface area contributed by atoms with E-state index >= 15 is 0 Å². The molecule has 2 spiro atoms. The van der Waals surface area contributed by atoms with E-state index in [1.54, 1.807) is 0 Å². The second kappa shape index (κ2) is 15.1. The van der Waals surface area contributed by atoms with Gasteiger partial charge in [-0.2, -0.15) is 0 Å². The van der Waals surface area contributed by atoms with Gasteiger partial charge in [-0.25, -0.2) is 0 Å². The molecule has 0 saturated carbocycles. The van der Waals surface area contributed by atoms with Gasteiger partial charge in [-0.05, 0) is 170 Å². The summed E-state index contributed by atoms with van der Waals surface area (Å²) in [5.74, 6) is 0.267. The molecule has 0 heterocycles. The van der Waals surface area contributed by atoms with Gasteiger partial charge < -0.3 is 0 Å². The van der Waals surface area contributed by atoms with Gasteiger partial charge in [-0.1, -0.05) is 231 Å². The van der Waals surface area contributed by atoms with E-state index in [0.717, 1.165) is 0 Å². The third-order valence-electron chi connectivity index (χ3n) is 16.8. The zero-order valence-corrected chi connectivity index (χ0v) is 39.3. The highest BCUT2D eigenvalue weighted by Gasteiger charge is 2.59. The van der Waals surface area contributed by atoms with Crippen LogP contribution in [0.1, 0.15) is 80.0 Å². The molecular weight excluding hydrogens is 853 g/mol. The van der Waals surface area contributed by atoms with E-state index in [9.17, 15) is 0 Å². The molecular formula is C71H46. The van der Waals surface area contributed by atoms with Crippen molar-refractivity contribution in [2.75, 3.05) is 0 Å². The highest BCUT2D eigenvalue weighted by atomic mass is 14.6. The molecule has 15 rings (SSSR count). The lowest BCUT2D eigenvalue weighted by atomic mass is 9.51. The maximum absolute atomic E-state index is 3.48. The van der Waals surface area contributed by atoms with Gasteiger partial charge in [0.25, 0.3) is 0 Å². The minimum absolute atomic E-state index is 0.115. The first-order valence-electron chi connectivity index (χ1n) is 25.1. The summed E-state index contributed by atoms with van der Waals surface area (Å²) in [5.41, 5.74) is 35.6. The number of hydrogen-bond acceptors (Lipinski definition) is 0. The summed E-state index contributed by atoms with van der Waals surface area (Å²) in [6.45, 7) is 2.49. The molecule has 71 heavy (non-hydrogen) atoms. The van der Waals surface area contributed by atoms with E-state index in [-0.39, 0.29) is 11.8 Å². The number of rotatable bonds is 4. The minimum atomic E-state index is -0.591. The average molecular weight is 899 g/mol. The van der Waals surface area contributed by atoms with Crippen LogP contribution in [0.3, 0.4) is 0 Å². The van der Waals surface area contributed by atoms with Crippen molar-refractivity contribution in [1.29, 1.82) is 0 Å². The van der Waals surface area contributed by atoms with Crippen LogP contribution >= 0.6 is 0 Å². The molecule has 3 atom stereocenters. The standard InChI is InChI=1S/C71H46/c1-45-59-43-67-68(44-60(59)53-27-8-9-32-58(53)69(45)49-26-20-25-48(39-49)52-41-50(46-21-4-2-5-22-46)40-51(42-52)47-23-6-3-7-24-47)71(63-35-16-12-30-56(63)57-31-13-17-36-64(57)71)66-38-19-18-37-65(66)70(67)61-33-14-10-28-54(61)55-29-11-15-34-62(55)70/h2-12,14-16,18-45,69H,1H3. The summed E-state index contributed by atoms with van der Waals surface area (Å²) in [6, 6.07) is 89.8. The first-order chi connectivity index (χ1) is 35.1. The fraction of sp³-hybridized carbons (Fsp3) is 0.0704. The van der Waals surface area contributed by atoms with Gasteiger partial charge in [-0.15, -0.1) is 0 Å². The van der Waals surface area contributed by atoms with Crippen LogP contribution in [0, 0.1) is 0 Å². The normalized spacial score (nSPS) is 18.5. The van der Waals surface area contributed by atoms with Gasteiger partial charge in [0, 0.05) is 5.92 Å². The largest absolute Gasteiger partial charge is 0.0726 e. The van der Waals surface area contributed by atoms with E-state index in [0.29, 0.717) is 0 Å². The van der Waals surface area contributed by atoms with Crippen molar-refractivity contribution < 1.29 is 0 Å². The maximum Gasteiger partial charge on any atom is 0.0726 e. The van der Waals surface area contributed by atoms with Gasteiger partial charge in [-0.3, -0.25) is 0 Å². The first-order valence-corrected chi connectivity index (χ1v) is 25.1. The average Bonchev–Trinajstić information content (AvgIpc) is 3.93. The van der Waals surface area contributed by atoms with E-state index in [2.05, 4.69) is 267 Å². The van der Waals surface area contributed by atoms with Crippen molar-refractivity contribution in [2.24, 2.45) is 0 Å². The van der Waals surface area contributed by atoms with Crippen molar-refractivity contribution in [3.63, 3.8) is 0 Å². The summed E-state index contributed by atoms with van der Waals surface area (Å²) in [5, 5.41) is 0. The molecule has 0 aliphatic heterocycles. The van der Waals surface area contributed by atoms with Crippen LogP contribution < -0.4 is 0 Å². The van der Waals surface area contributed by atoms with Crippen LogP contribution in [0.5, 0.6) is 0 Å². The Balaban J connectivity index is 0.990. The Morgan fingerprint density at radius 2 is 0.789 bits per heavy atom. The zero-order chi connectivity index (χ0) is 46.8. The third-order valence-corrected chi connectivity index (χ3v) is 16.8. The van der Waals surface area contributed by atoms with Crippen LogP contribution in [-0.2, 0) is 10.8 Å². The molecule has 0 fully saturated rings. The smallest absolute Gasteiger partial charge is 0.0699 e. The summed E-state index contributed by atoms with van der Waals surface area (Å²) >= 11 is 0. The molecule has 5 aliphatic rings. The van der Waals surface area contributed by atoms with E-state index < -0.39 is 10.8 Å². The molecule has 0 radical (unpaired) electrons. The molecule has 10 aromatic rings. The molecule has 0 amide bonds. The fourth-order valence-electron chi connectivity index (χ4n) is 14.0. The third kappa shape index (κ3) is 5.41. The summed E-state index contributed by atoms with van der Waals surface area (Å²) in [4.78, 5) is 0. The Hall–Kier alpha value is -8.76. The molecule has 0 N–H and O–H groups in total. The highest BCUT2D eigenvalue weighted by molar-refractivity contribution is 5.97. The molecule has 0 saturated heterocycles. The van der Waals surface area contributed by atoms with Crippen molar-refractivity contribution in [3.8, 4) is 55.6 Å². The molecule has 0 heteroatoms. The molecule has 3 unspecified atom stereocenters. The lowest BCUT2D eigenvalue weighted by Crippen LogP contribution is -2.44. The number of hydrogen-bond donors (Lipinski definition) is 0. The van der Waals surface area contributed by atoms with E-state index in [1.165, 1.54) is 128 Å². The second-order valence-corrected chi connectivity index (χ2v) is 20.1. The van der Waals surface area contributed by atoms with E-state index in [1.807, 2.05) is 0 Å². The lowest BCUT2D eigenvalue weighted by Gasteiger charge is -2.50. The Morgan fingerprint density at radius 1 is 0.310 bits per heavy atom. The molecule has 5 aliphatic carbocycles. The highest BCUT2D eigenvalue weighted by Crippen LogP contribution is 2.68. The van der Waals surface area contributed by atoms with Crippen molar-refractivity contribution >= 4 is 5.57 Å². The van der Waals surface area contributed by atoms with Crippen molar-refractivity contribution in [1.82, 2.24) is 0 Å². The van der Waals surface area contributed by atoms with Crippen molar-refractivity contribution in [2.45, 2.75) is 29.6 Å². The topological polar surface area (TPSA) is 0 Å².